The number of rotatable bonds is 6. The minimum absolute atomic E-state index is 0.0471. The summed E-state index contributed by atoms with van der Waals surface area (Å²) in [6.07, 6.45) is -0.903. The maximum absolute atomic E-state index is 12.6. The van der Waals surface area contributed by atoms with Gasteiger partial charge in [-0.15, -0.1) is 0 Å². The zero-order valence-electron chi connectivity index (χ0n) is 16.7. The number of carbonyl (C=O) groups is 3. The highest BCUT2D eigenvalue weighted by Crippen LogP contribution is 2.28. The van der Waals surface area contributed by atoms with Gasteiger partial charge in [0.05, 0.1) is 13.0 Å². The van der Waals surface area contributed by atoms with Crippen molar-refractivity contribution in [1.82, 2.24) is 0 Å². The van der Waals surface area contributed by atoms with Crippen LogP contribution >= 0.6 is 0 Å². The number of anilines is 2. The summed E-state index contributed by atoms with van der Waals surface area (Å²) >= 11 is 0. The van der Waals surface area contributed by atoms with E-state index in [1.165, 1.54) is 16.7 Å². The van der Waals surface area contributed by atoms with Gasteiger partial charge in [-0.1, -0.05) is 24.3 Å². The Hall–Kier alpha value is -3.35. The summed E-state index contributed by atoms with van der Waals surface area (Å²) < 4.78 is 10.6. The van der Waals surface area contributed by atoms with Gasteiger partial charge >= 0.3 is 5.97 Å². The average molecular weight is 396 g/mol. The van der Waals surface area contributed by atoms with Crippen LogP contribution in [0, 0.1) is 5.92 Å². The Morgan fingerprint density at radius 3 is 2.55 bits per heavy atom. The van der Waals surface area contributed by atoms with Crippen LogP contribution in [0.5, 0.6) is 5.75 Å². The Balaban J connectivity index is 1.62. The lowest BCUT2D eigenvalue weighted by atomic mass is 10.1. The molecule has 2 unspecified atom stereocenters. The van der Waals surface area contributed by atoms with Crippen molar-refractivity contribution in [2.75, 3.05) is 30.5 Å². The van der Waals surface area contributed by atoms with Crippen molar-refractivity contribution in [3.05, 3.63) is 54.6 Å². The van der Waals surface area contributed by atoms with E-state index in [0.29, 0.717) is 17.1 Å². The average Bonchev–Trinajstić information content (AvgIpc) is 3.15. The molecule has 2 aromatic carbocycles. The first-order valence-electron chi connectivity index (χ1n) is 9.38. The van der Waals surface area contributed by atoms with E-state index in [0.717, 1.165) is 0 Å². The molecule has 2 amide bonds. The van der Waals surface area contributed by atoms with Gasteiger partial charge in [-0.25, -0.2) is 0 Å². The van der Waals surface area contributed by atoms with Gasteiger partial charge in [0.1, 0.15) is 5.75 Å². The molecule has 0 aliphatic carbocycles. The standard InChI is InChI=1S/C22H24N2O5/c1-15(21(26)23(2)17-8-5-4-6-9-17)29-22(27)16-12-20(25)24(14-16)18-10-7-11-19(13-18)28-3/h4-11,13,15-16H,12,14H2,1-3H3. The molecule has 7 heteroatoms. The van der Waals surface area contributed by atoms with E-state index in [-0.39, 0.29) is 24.8 Å². The van der Waals surface area contributed by atoms with Gasteiger partial charge in [0.2, 0.25) is 5.91 Å². The quantitative estimate of drug-likeness (QED) is 0.702. The molecular formula is C22H24N2O5. The Bertz CT molecular complexity index is 899. The van der Waals surface area contributed by atoms with Crippen LogP contribution in [0.4, 0.5) is 11.4 Å². The molecule has 0 bridgehead atoms. The molecule has 3 rings (SSSR count). The SMILES string of the molecule is COc1cccc(N2CC(C(=O)OC(C)C(=O)N(C)c3ccccc3)CC2=O)c1. The van der Waals surface area contributed by atoms with E-state index in [1.54, 1.807) is 50.6 Å². The van der Waals surface area contributed by atoms with Crippen LogP contribution in [0.1, 0.15) is 13.3 Å². The Labute approximate surface area is 169 Å². The lowest BCUT2D eigenvalue weighted by Crippen LogP contribution is -2.38. The van der Waals surface area contributed by atoms with Gasteiger partial charge < -0.3 is 19.3 Å². The molecule has 1 saturated heterocycles. The predicted molar refractivity (Wildman–Crippen MR) is 109 cm³/mol. The van der Waals surface area contributed by atoms with Crippen molar-refractivity contribution in [3.63, 3.8) is 0 Å². The van der Waals surface area contributed by atoms with Gasteiger partial charge in [-0.05, 0) is 31.2 Å². The molecule has 0 N–H and O–H groups in total. The highest BCUT2D eigenvalue weighted by atomic mass is 16.5. The van der Waals surface area contributed by atoms with Crippen LogP contribution in [0.3, 0.4) is 0 Å². The molecule has 2 atom stereocenters. The zero-order valence-corrected chi connectivity index (χ0v) is 16.7. The summed E-state index contributed by atoms with van der Waals surface area (Å²) in [5, 5.41) is 0. The van der Waals surface area contributed by atoms with E-state index >= 15 is 0 Å². The number of esters is 1. The number of methoxy groups -OCH3 is 1. The molecule has 0 saturated carbocycles. The van der Waals surface area contributed by atoms with E-state index in [4.69, 9.17) is 9.47 Å². The molecule has 152 valence electrons. The molecule has 7 nitrogen and oxygen atoms in total. The van der Waals surface area contributed by atoms with Crippen molar-refractivity contribution in [1.29, 1.82) is 0 Å². The third-order valence-electron chi connectivity index (χ3n) is 4.94. The normalized spacial score (nSPS) is 17.0. The van der Waals surface area contributed by atoms with E-state index in [9.17, 15) is 14.4 Å². The summed E-state index contributed by atoms with van der Waals surface area (Å²) in [5.74, 6) is -1.04. The molecule has 1 heterocycles. The zero-order chi connectivity index (χ0) is 21.0. The van der Waals surface area contributed by atoms with Crippen LogP contribution in [0.25, 0.3) is 0 Å². The first kappa shape index (κ1) is 20.4. The summed E-state index contributed by atoms with van der Waals surface area (Å²) in [4.78, 5) is 40.5. The van der Waals surface area contributed by atoms with Gasteiger partial charge in [0.15, 0.2) is 6.10 Å². The molecule has 29 heavy (non-hydrogen) atoms. The van der Waals surface area contributed by atoms with Crippen molar-refractivity contribution >= 4 is 29.2 Å². The summed E-state index contributed by atoms with van der Waals surface area (Å²) in [6.45, 7) is 1.75. The summed E-state index contributed by atoms with van der Waals surface area (Å²) in [6, 6.07) is 16.2. The molecule has 1 aliphatic rings. The molecule has 2 aromatic rings. The minimum Gasteiger partial charge on any atom is -0.497 e. The smallest absolute Gasteiger partial charge is 0.312 e. The van der Waals surface area contributed by atoms with Crippen LogP contribution in [-0.2, 0) is 19.1 Å². The fourth-order valence-electron chi connectivity index (χ4n) is 3.27. The first-order valence-corrected chi connectivity index (χ1v) is 9.38. The maximum atomic E-state index is 12.6. The number of carbonyl (C=O) groups excluding carboxylic acids is 3. The number of likely N-dealkylation sites (N-methyl/N-ethyl adjacent to an activating group) is 1. The highest BCUT2D eigenvalue weighted by molar-refractivity contribution is 6.00. The van der Waals surface area contributed by atoms with Crippen LogP contribution in [0.2, 0.25) is 0 Å². The number of nitrogens with zero attached hydrogens (tertiary/aromatic N) is 2. The van der Waals surface area contributed by atoms with Gasteiger partial charge in [0.25, 0.3) is 5.91 Å². The Morgan fingerprint density at radius 1 is 1.14 bits per heavy atom. The Morgan fingerprint density at radius 2 is 1.86 bits per heavy atom. The van der Waals surface area contributed by atoms with Gasteiger partial charge in [-0.2, -0.15) is 0 Å². The molecule has 1 aliphatic heterocycles. The third kappa shape index (κ3) is 4.56. The lowest BCUT2D eigenvalue weighted by molar-refractivity contribution is -0.157. The van der Waals surface area contributed by atoms with Crippen molar-refractivity contribution in [3.8, 4) is 5.75 Å². The fourth-order valence-corrected chi connectivity index (χ4v) is 3.27. The largest absolute Gasteiger partial charge is 0.497 e. The van der Waals surface area contributed by atoms with Crippen LogP contribution in [0.15, 0.2) is 54.6 Å². The molecule has 0 aromatic heterocycles. The molecule has 0 spiro atoms. The van der Waals surface area contributed by atoms with Crippen LogP contribution in [-0.4, -0.2) is 44.6 Å². The van der Waals surface area contributed by atoms with E-state index < -0.39 is 18.0 Å². The Kier molecular flexibility index (Phi) is 6.16. The second-order valence-corrected chi connectivity index (χ2v) is 6.92. The lowest BCUT2D eigenvalue weighted by Gasteiger charge is -2.22. The second-order valence-electron chi connectivity index (χ2n) is 6.92. The maximum Gasteiger partial charge on any atom is 0.312 e. The third-order valence-corrected chi connectivity index (χ3v) is 4.94. The predicted octanol–water partition coefficient (Wildman–Crippen LogP) is 2.64. The monoisotopic (exact) mass is 396 g/mol. The van der Waals surface area contributed by atoms with E-state index in [2.05, 4.69) is 0 Å². The van der Waals surface area contributed by atoms with Crippen molar-refractivity contribution < 1.29 is 23.9 Å². The molecule has 0 radical (unpaired) electrons. The van der Waals surface area contributed by atoms with Crippen LogP contribution < -0.4 is 14.5 Å². The summed E-state index contributed by atoms with van der Waals surface area (Å²) in [5.41, 5.74) is 1.37. The fraction of sp³-hybridized carbons (Fsp3) is 0.318. The number of amides is 2. The summed E-state index contributed by atoms with van der Waals surface area (Å²) in [7, 11) is 3.18. The van der Waals surface area contributed by atoms with Crippen molar-refractivity contribution in [2.24, 2.45) is 5.92 Å². The van der Waals surface area contributed by atoms with E-state index in [1.807, 2.05) is 18.2 Å². The van der Waals surface area contributed by atoms with Crippen molar-refractivity contribution in [2.45, 2.75) is 19.4 Å². The van der Waals surface area contributed by atoms with Gasteiger partial charge in [0, 0.05) is 37.5 Å². The molecular weight excluding hydrogens is 372 g/mol. The topological polar surface area (TPSA) is 76.2 Å². The minimum atomic E-state index is -0.950. The number of benzene rings is 2. The van der Waals surface area contributed by atoms with Gasteiger partial charge in [-0.3, -0.25) is 14.4 Å². The number of ether oxygens (including phenoxy) is 2. The number of hydrogen-bond acceptors (Lipinski definition) is 5. The highest BCUT2D eigenvalue weighted by Gasteiger charge is 2.37. The molecule has 1 fully saturated rings. The number of hydrogen-bond donors (Lipinski definition) is 0. The number of para-hydroxylation sites is 1. The first-order chi connectivity index (χ1) is 13.9. The second kappa shape index (κ2) is 8.77.